The van der Waals surface area contributed by atoms with Crippen LogP contribution in [0.1, 0.15) is 27.6 Å². The molecular weight excluding hydrogens is 325 g/mol. The first-order valence-electron chi connectivity index (χ1n) is 5.85. The Morgan fingerprint density at radius 1 is 1.10 bits per heavy atom. The van der Waals surface area contributed by atoms with Gasteiger partial charge in [-0.2, -0.15) is 4.57 Å². The Morgan fingerprint density at radius 2 is 1.75 bits per heavy atom. The zero-order valence-corrected chi connectivity index (χ0v) is 12.4. The molecule has 1 aromatic heterocycles. The van der Waals surface area contributed by atoms with Crippen LogP contribution in [0.25, 0.3) is 0 Å². The molecule has 0 N–H and O–H groups in total. The van der Waals surface area contributed by atoms with Crippen molar-refractivity contribution in [1.82, 2.24) is 0 Å². The standard InChI is InChI=1S/C15H13FNO2.BrH/c1-11(18)13-3-2-8-17(9-13)10-15(19)12-4-6-14(16)7-5-12;/h2-9H,10H2,1H3;1H/q+1;/p-1. The van der Waals surface area contributed by atoms with E-state index in [1.165, 1.54) is 31.2 Å². The largest absolute Gasteiger partial charge is 1.00 e. The number of halogens is 2. The normalized spacial score (nSPS) is 9.70. The van der Waals surface area contributed by atoms with Crippen LogP contribution in [0, 0.1) is 5.82 Å². The second kappa shape index (κ2) is 7.05. The summed E-state index contributed by atoms with van der Waals surface area (Å²) in [5, 5.41) is 0. The fraction of sp³-hybridized carbons (Fsp3) is 0.133. The van der Waals surface area contributed by atoms with Crippen molar-refractivity contribution in [2.24, 2.45) is 0 Å². The van der Waals surface area contributed by atoms with Crippen LogP contribution in [0.15, 0.2) is 48.8 Å². The lowest BCUT2D eigenvalue weighted by Crippen LogP contribution is -3.00. The van der Waals surface area contributed by atoms with Gasteiger partial charge in [0.15, 0.2) is 18.2 Å². The molecule has 1 aromatic carbocycles. The summed E-state index contributed by atoms with van der Waals surface area (Å²) in [6.45, 7) is 1.59. The third-order valence-corrected chi connectivity index (χ3v) is 2.76. The summed E-state index contributed by atoms with van der Waals surface area (Å²) < 4.78 is 14.4. The Bertz CT molecular complexity index is 626. The molecular formula is C15H13BrFNO2. The van der Waals surface area contributed by atoms with E-state index in [-0.39, 0.29) is 40.9 Å². The second-order valence-corrected chi connectivity index (χ2v) is 4.25. The molecule has 0 atom stereocenters. The topological polar surface area (TPSA) is 38.0 Å². The lowest BCUT2D eigenvalue weighted by atomic mass is 10.1. The molecule has 0 bridgehead atoms. The molecule has 0 aliphatic heterocycles. The molecule has 0 aliphatic carbocycles. The smallest absolute Gasteiger partial charge is 0.227 e. The number of carbonyl (C=O) groups is 2. The predicted octanol–water partition coefficient (Wildman–Crippen LogP) is -0.797. The van der Waals surface area contributed by atoms with Crippen LogP contribution in [0.4, 0.5) is 4.39 Å². The molecule has 2 aromatic rings. The van der Waals surface area contributed by atoms with Gasteiger partial charge in [-0.3, -0.25) is 9.59 Å². The summed E-state index contributed by atoms with van der Waals surface area (Å²) in [5.74, 6) is -0.558. The first-order valence-corrected chi connectivity index (χ1v) is 5.85. The van der Waals surface area contributed by atoms with Crippen molar-refractivity contribution in [1.29, 1.82) is 0 Å². The highest BCUT2D eigenvalue weighted by Gasteiger charge is 2.13. The molecule has 0 unspecified atom stereocenters. The third kappa shape index (κ3) is 4.06. The van der Waals surface area contributed by atoms with E-state index in [1.54, 1.807) is 29.1 Å². The number of carbonyl (C=O) groups excluding carboxylic acids is 2. The van der Waals surface area contributed by atoms with Gasteiger partial charge in [0.2, 0.25) is 12.3 Å². The minimum Gasteiger partial charge on any atom is -1.00 e. The van der Waals surface area contributed by atoms with E-state index in [0.29, 0.717) is 11.1 Å². The highest BCUT2D eigenvalue weighted by molar-refractivity contribution is 5.95. The zero-order valence-electron chi connectivity index (χ0n) is 10.8. The number of rotatable bonds is 4. The summed E-state index contributed by atoms with van der Waals surface area (Å²) in [6.07, 6.45) is 3.34. The van der Waals surface area contributed by atoms with E-state index in [1.807, 2.05) is 0 Å². The van der Waals surface area contributed by atoms with Crippen molar-refractivity contribution in [3.8, 4) is 0 Å². The number of ketones is 2. The molecule has 1 heterocycles. The number of aromatic nitrogens is 1. The van der Waals surface area contributed by atoms with E-state index >= 15 is 0 Å². The van der Waals surface area contributed by atoms with Gasteiger partial charge in [0.05, 0.1) is 5.56 Å². The van der Waals surface area contributed by atoms with Crippen LogP contribution in [-0.4, -0.2) is 11.6 Å². The molecule has 5 heteroatoms. The van der Waals surface area contributed by atoms with E-state index < -0.39 is 0 Å². The second-order valence-electron chi connectivity index (χ2n) is 4.25. The van der Waals surface area contributed by atoms with Gasteiger partial charge in [-0.25, -0.2) is 4.39 Å². The summed E-state index contributed by atoms with van der Waals surface area (Å²) in [4.78, 5) is 23.2. The zero-order chi connectivity index (χ0) is 13.8. The fourth-order valence-electron chi connectivity index (χ4n) is 1.72. The average molecular weight is 338 g/mol. The van der Waals surface area contributed by atoms with Crippen LogP contribution < -0.4 is 21.5 Å². The van der Waals surface area contributed by atoms with E-state index in [0.717, 1.165) is 0 Å². The van der Waals surface area contributed by atoms with Crippen molar-refractivity contribution >= 4 is 11.6 Å². The van der Waals surface area contributed by atoms with Gasteiger partial charge in [0.1, 0.15) is 5.82 Å². The van der Waals surface area contributed by atoms with Crippen molar-refractivity contribution < 1.29 is 35.5 Å². The molecule has 3 nitrogen and oxygen atoms in total. The number of hydrogen-bond acceptors (Lipinski definition) is 2. The van der Waals surface area contributed by atoms with E-state index in [4.69, 9.17) is 0 Å². The van der Waals surface area contributed by atoms with Crippen LogP contribution in [0.3, 0.4) is 0 Å². The van der Waals surface area contributed by atoms with Gasteiger partial charge in [0.25, 0.3) is 0 Å². The minimum atomic E-state index is -0.372. The first-order chi connectivity index (χ1) is 9.06. The molecule has 0 fully saturated rings. The van der Waals surface area contributed by atoms with E-state index in [2.05, 4.69) is 0 Å². The molecule has 0 aliphatic rings. The monoisotopic (exact) mass is 337 g/mol. The molecule has 104 valence electrons. The molecule has 0 amide bonds. The quantitative estimate of drug-likeness (QED) is 0.541. The number of nitrogens with zero attached hydrogens (tertiary/aromatic N) is 1. The summed E-state index contributed by atoms with van der Waals surface area (Å²) in [6, 6.07) is 8.82. The van der Waals surface area contributed by atoms with Gasteiger partial charge in [-0.1, -0.05) is 0 Å². The van der Waals surface area contributed by atoms with E-state index in [9.17, 15) is 14.0 Å². The summed E-state index contributed by atoms with van der Waals surface area (Å²) in [7, 11) is 0. The van der Waals surface area contributed by atoms with Crippen LogP contribution in [-0.2, 0) is 6.54 Å². The molecule has 0 saturated heterocycles. The van der Waals surface area contributed by atoms with Crippen LogP contribution in [0.5, 0.6) is 0 Å². The molecule has 0 radical (unpaired) electrons. The maximum absolute atomic E-state index is 12.8. The summed E-state index contributed by atoms with van der Waals surface area (Å²) in [5.41, 5.74) is 0.997. The summed E-state index contributed by atoms with van der Waals surface area (Å²) >= 11 is 0. The lowest BCUT2D eigenvalue weighted by molar-refractivity contribution is -0.683. The number of hydrogen-bond donors (Lipinski definition) is 0. The highest BCUT2D eigenvalue weighted by Crippen LogP contribution is 2.04. The fourth-order valence-corrected chi connectivity index (χ4v) is 1.72. The molecule has 2 rings (SSSR count). The van der Waals surface area contributed by atoms with Crippen molar-refractivity contribution in [3.63, 3.8) is 0 Å². The van der Waals surface area contributed by atoms with Gasteiger partial charge >= 0.3 is 0 Å². The SMILES string of the molecule is CC(=O)c1ccc[n+](CC(=O)c2ccc(F)cc2)c1.[Br-]. The number of benzene rings is 1. The maximum atomic E-state index is 12.8. The Morgan fingerprint density at radius 3 is 2.35 bits per heavy atom. The van der Waals surface area contributed by atoms with Gasteiger partial charge < -0.3 is 17.0 Å². The lowest BCUT2D eigenvalue weighted by Gasteiger charge is -1.99. The van der Waals surface area contributed by atoms with Gasteiger partial charge in [0, 0.05) is 11.6 Å². The number of Topliss-reactive ketones (excluding diaryl/α,β-unsaturated/α-hetero) is 2. The maximum Gasteiger partial charge on any atom is 0.227 e. The number of pyridine rings is 1. The Labute approximate surface area is 126 Å². The van der Waals surface area contributed by atoms with Gasteiger partial charge in [-0.15, -0.1) is 0 Å². The average Bonchev–Trinajstić information content (AvgIpc) is 2.39. The Balaban J connectivity index is 0.00000200. The van der Waals surface area contributed by atoms with Crippen molar-refractivity contribution in [2.75, 3.05) is 0 Å². The molecule has 0 saturated carbocycles. The van der Waals surface area contributed by atoms with Crippen LogP contribution >= 0.6 is 0 Å². The predicted molar refractivity (Wildman–Crippen MR) is 67.4 cm³/mol. The Kier molecular flexibility index (Phi) is 5.70. The Hall–Kier alpha value is -1.88. The van der Waals surface area contributed by atoms with Gasteiger partial charge in [-0.05, 0) is 37.3 Å². The molecule has 0 spiro atoms. The van der Waals surface area contributed by atoms with Crippen LogP contribution in [0.2, 0.25) is 0 Å². The highest BCUT2D eigenvalue weighted by atomic mass is 79.9. The minimum absolute atomic E-state index is 0. The molecule has 20 heavy (non-hydrogen) atoms. The van der Waals surface area contributed by atoms with Crippen molar-refractivity contribution in [3.05, 3.63) is 65.7 Å². The van der Waals surface area contributed by atoms with Crippen molar-refractivity contribution in [2.45, 2.75) is 13.5 Å². The first kappa shape index (κ1) is 16.2. The third-order valence-electron chi connectivity index (χ3n) is 2.76.